The SMILES string of the molecule is CNS(=O)(=O)c1ccc(C(=O)O)cc1F. The molecular weight excluding hydrogens is 225 g/mol. The Hall–Kier alpha value is -1.47. The van der Waals surface area contributed by atoms with Crippen LogP contribution in [0.2, 0.25) is 0 Å². The first-order valence-corrected chi connectivity index (χ1v) is 5.33. The number of carboxylic acid groups (broad SMARTS) is 1. The summed E-state index contributed by atoms with van der Waals surface area (Å²) in [4.78, 5) is 9.88. The molecule has 0 aliphatic rings. The van der Waals surface area contributed by atoms with Gasteiger partial charge in [-0.1, -0.05) is 0 Å². The molecule has 0 amide bonds. The Labute approximate surface area is 85.6 Å². The number of sulfonamides is 1. The molecule has 0 saturated heterocycles. The molecule has 0 heterocycles. The zero-order valence-corrected chi connectivity index (χ0v) is 8.51. The first kappa shape index (κ1) is 11.6. The molecule has 0 unspecified atom stereocenters. The molecule has 0 bridgehead atoms. The van der Waals surface area contributed by atoms with Gasteiger partial charge in [0.2, 0.25) is 10.0 Å². The van der Waals surface area contributed by atoms with Gasteiger partial charge < -0.3 is 5.11 Å². The van der Waals surface area contributed by atoms with Gasteiger partial charge in [0.1, 0.15) is 10.7 Å². The summed E-state index contributed by atoms with van der Waals surface area (Å²) in [6.07, 6.45) is 0. The molecule has 15 heavy (non-hydrogen) atoms. The summed E-state index contributed by atoms with van der Waals surface area (Å²) in [5.74, 6) is -2.41. The summed E-state index contributed by atoms with van der Waals surface area (Å²) < 4.78 is 37.6. The van der Waals surface area contributed by atoms with Crippen molar-refractivity contribution in [2.24, 2.45) is 0 Å². The predicted octanol–water partition coefficient (Wildman–Crippen LogP) is 0.432. The highest BCUT2D eigenvalue weighted by atomic mass is 32.2. The number of rotatable bonds is 3. The van der Waals surface area contributed by atoms with Crippen LogP contribution < -0.4 is 4.72 Å². The van der Waals surface area contributed by atoms with Gasteiger partial charge in [-0.2, -0.15) is 0 Å². The number of aromatic carboxylic acids is 1. The Morgan fingerprint density at radius 3 is 2.47 bits per heavy atom. The smallest absolute Gasteiger partial charge is 0.335 e. The zero-order valence-electron chi connectivity index (χ0n) is 7.69. The van der Waals surface area contributed by atoms with Gasteiger partial charge in [-0.05, 0) is 25.2 Å². The van der Waals surface area contributed by atoms with E-state index in [1.54, 1.807) is 0 Å². The second-order valence-corrected chi connectivity index (χ2v) is 4.51. The highest BCUT2D eigenvalue weighted by molar-refractivity contribution is 7.89. The molecule has 5 nitrogen and oxygen atoms in total. The van der Waals surface area contributed by atoms with Crippen molar-refractivity contribution in [3.63, 3.8) is 0 Å². The lowest BCUT2D eigenvalue weighted by Crippen LogP contribution is -2.20. The fourth-order valence-corrected chi connectivity index (χ4v) is 1.74. The topological polar surface area (TPSA) is 83.5 Å². The average molecular weight is 233 g/mol. The Bertz CT molecular complexity index is 497. The molecule has 0 atom stereocenters. The van der Waals surface area contributed by atoms with Crippen molar-refractivity contribution in [2.75, 3.05) is 7.05 Å². The Morgan fingerprint density at radius 1 is 1.47 bits per heavy atom. The zero-order chi connectivity index (χ0) is 11.6. The minimum absolute atomic E-state index is 0.303. The van der Waals surface area contributed by atoms with Crippen LogP contribution in [0.3, 0.4) is 0 Å². The van der Waals surface area contributed by atoms with Gasteiger partial charge in [0.05, 0.1) is 5.56 Å². The van der Waals surface area contributed by atoms with E-state index in [1.165, 1.54) is 0 Å². The summed E-state index contributed by atoms with van der Waals surface area (Å²) in [5, 5.41) is 8.53. The highest BCUT2D eigenvalue weighted by Gasteiger charge is 2.18. The van der Waals surface area contributed by atoms with Gasteiger partial charge in [0.15, 0.2) is 0 Å². The van der Waals surface area contributed by atoms with Gasteiger partial charge in [-0.3, -0.25) is 0 Å². The number of halogens is 1. The second-order valence-electron chi connectivity index (χ2n) is 2.66. The number of nitrogens with one attached hydrogen (secondary N) is 1. The van der Waals surface area contributed by atoms with E-state index in [2.05, 4.69) is 0 Å². The van der Waals surface area contributed by atoms with E-state index >= 15 is 0 Å². The van der Waals surface area contributed by atoms with Crippen LogP contribution in [-0.4, -0.2) is 26.5 Å². The average Bonchev–Trinajstić information content (AvgIpc) is 2.17. The van der Waals surface area contributed by atoms with Crippen molar-refractivity contribution in [1.29, 1.82) is 0 Å². The standard InChI is InChI=1S/C8H8FNO4S/c1-10-15(13,14)7-3-2-5(8(11)12)4-6(7)9/h2-4,10H,1H3,(H,11,12). The lowest BCUT2D eigenvalue weighted by atomic mass is 10.2. The largest absolute Gasteiger partial charge is 0.478 e. The summed E-state index contributed by atoms with van der Waals surface area (Å²) in [6, 6.07) is 2.59. The number of carbonyl (C=O) groups is 1. The molecule has 82 valence electrons. The number of hydrogen-bond donors (Lipinski definition) is 2. The first-order chi connectivity index (χ1) is 6.88. The number of benzene rings is 1. The monoisotopic (exact) mass is 233 g/mol. The minimum atomic E-state index is -3.89. The van der Waals surface area contributed by atoms with Crippen LogP contribution in [0.1, 0.15) is 10.4 Å². The van der Waals surface area contributed by atoms with Crippen LogP contribution in [0.5, 0.6) is 0 Å². The van der Waals surface area contributed by atoms with Gasteiger partial charge in [0.25, 0.3) is 0 Å². The van der Waals surface area contributed by atoms with Crippen LogP contribution in [0.4, 0.5) is 4.39 Å². The van der Waals surface area contributed by atoms with Gasteiger partial charge in [-0.25, -0.2) is 22.3 Å². The maximum absolute atomic E-state index is 13.2. The lowest BCUT2D eigenvalue weighted by Gasteiger charge is -2.04. The molecule has 0 aliphatic carbocycles. The van der Waals surface area contributed by atoms with Crippen LogP contribution in [0.15, 0.2) is 23.1 Å². The van der Waals surface area contributed by atoms with Crippen LogP contribution in [0.25, 0.3) is 0 Å². The molecule has 0 saturated carbocycles. The molecule has 1 rings (SSSR count). The summed E-state index contributed by atoms with van der Waals surface area (Å²) >= 11 is 0. The van der Waals surface area contributed by atoms with E-state index in [0.717, 1.165) is 19.2 Å². The molecular formula is C8H8FNO4S. The van der Waals surface area contributed by atoms with Gasteiger partial charge in [0, 0.05) is 0 Å². The summed E-state index contributed by atoms with van der Waals surface area (Å²) in [6.45, 7) is 0. The van der Waals surface area contributed by atoms with Crippen molar-refractivity contribution in [1.82, 2.24) is 4.72 Å². The van der Waals surface area contributed by atoms with Crippen LogP contribution in [-0.2, 0) is 10.0 Å². The van der Waals surface area contributed by atoms with Crippen molar-refractivity contribution < 1.29 is 22.7 Å². The van der Waals surface area contributed by atoms with E-state index < -0.39 is 26.7 Å². The third kappa shape index (κ3) is 2.31. The molecule has 0 aromatic heterocycles. The predicted molar refractivity (Wildman–Crippen MR) is 49.6 cm³/mol. The van der Waals surface area contributed by atoms with Crippen molar-refractivity contribution >= 4 is 16.0 Å². The molecule has 2 N–H and O–H groups in total. The summed E-state index contributed by atoms with van der Waals surface area (Å²) in [5.41, 5.74) is -0.303. The molecule has 7 heteroatoms. The van der Waals surface area contributed by atoms with Crippen LogP contribution in [0, 0.1) is 5.82 Å². The van der Waals surface area contributed by atoms with E-state index in [4.69, 9.17) is 5.11 Å². The summed E-state index contributed by atoms with van der Waals surface area (Å²) in [7, 11) is -2.75. The van der Waals surface area contributed by atoms with Gasteiger partial charge >= 0.3 is 5.97 Å². The quantitative estimate of drug-likeness (QED) is 0.793. The number of hydrogen-bond acceptors (Lipinski definition) is 3. The van der Waals surface area contributed by atoms with Gasteiger partial charge in [-0.15, -0.1) is 0 Å². The molecule has 1 aromatic carbocycles. The molecule has 0 aliphatic heterocycles. The third-order valence-electron chi connectivity index (χ3n) is 1.74. The maximum atomic E-state index is 13.2. The van der Waals surface area contributed by atoms with E-state index in [-0.39, 0.29) is 5.56 Å². The van der Waals surface area contributed by atoms with E-state index in [0.29, 0.717) is 6.07 Å². The Kier molecular flexibility index (Phi) is 3.06. The molecule has 1 aromatic rings. The fraction of sp³-hybridized carbons (Fsp3) is 0.125. The second kappa shape index (κ2) is 3.95. The highest BCUT2D eigenvalue weighted by Crippen LogP contribution is 2.15. The minimum Gasteiger partial charge on any atom is -0.478 e. The van der Waals surface area contributed by atoms with Crippen molar-refractivity contribution in [3.05, 3.63) is 29.6 Å². The van der Waals surface area contributed by atoms with Crippen LogP contribution >= 0.6 is 0 Å². The number of carboxylic acids is 1. The van der Waals surface area contributed by atoms with Crippen molar-refractivity contribution in [3.8, 4) is 0 Å². The third-order valence-corrected chi connectivity index (χ3v) is 3.18. The molecule has 0 fully saturated rings. The van der Waals surface area contributed by atoms with E-state index in [1.807, 2.05) is 4.72 Å². The normalized spacial score (nSPS) is 11.3. The maximum Gasteiger partial charge on any atom is 0.335 e. The first-order valence-electron chi connectivity index (χ1n) is 3.85. The molecule has 0 spiro atoms. The van der Waals surface area contributed by atoms with Crippen molar-refractivity contribution in [2.45, 2.75) is 4.90 Å². The Morgan fingerprint density at radius 2 is 2.07 bits per heavy atom. The lowest BCUT2D eigenvalue weighted by molar-refractivity contribution is 0.0696. The fourth-order valence-electron chi connectivity index (χ4n) is 0.962. The van der Waals surface area contributed by atoms with E-state index in [9.17, 15) is 17.6 Å². The molecule has 0 radical (unpaired) electrons. The Balaban J connectivity index is 3.32.